The number of anilines is 1. The van der Waals surface area contributed by atoms with Gasteiger partial charge in [-0.25, -0.2) is 18.7 Å². The molecule has 1 aromatic heterocycles. The first-order valence-corrected chi connectivity index (χ1v) is 7.95. The Labute approximate surface area is 149 Å². The molecule has 7 heteroatoms. The van der Waals surface area contributed by atoms with Crippen LogP contribution in [-0.2, 0) is 6.54 Å². The van der Waals surface area contributed by atoms with Gasteiger partial charge in [-0.05, 0) is 30.3 Å². The molecule has 0 fully saturated rings. The van der Waals surface area contributed by atoms with E-state index in [1.165, 1.54) is 0 Å². The van der Waals surface area contributed by atoms with E-state index in [1.54, 1.807) is 49.4 Å². The van der Waals surface area contributed by atoms with E-state index >= 15 is 0 Å². The molecule has 0 unspecified atom stereocenters. The van der Waals surface area contributed by atoms with Gasteiger partial charge in [0.2, 0.25) is 0 Å². The number of aromatic nitrogens is 2. The normalized spacial score (nSPS) is 11.1. The standard InChI is InChI=1S/C18H16ClF2N3O/c1-24(10-11-9-12(19)7-8-15(11)25-2)18-13-5-3-4-6-14(13)22-17(23-18)16(20)21/h3-9,16H,10H2,1-2H3. The highest BCUT2D eigenvalue weighted by atomic mass is 35.5. The van der Waals surface area contributed by atoms with Crippen LogP contribution in [0.4, 0.5) is 14.6 Å². The lowest BCUT2D eigenvalue weighted by Gasteiger charge is -2.22. The van der Waals surface area contributed by atoms with Crippen molar-refractivity contribution in [3.63, 3.8) is 0 Å². The van der Waals surface area contributed by atoms with Gasteiger partial charge in [0.05, 0.1) is 12.6 Å². The molecule has 0 aliphatic heterocycles. The van der Waals surface area contributed by atoms with Gasteiger partial charge in [0.15, 0.2) is 5.82 Å². The van der Waals surface area contributed by atoms with Crippen molar-refractivity contribution < 1.29 is 13.5 Å². The molecule has 0 bridgehead atoms. The van der Waals surface area contributed by atoms with Crippen LogP contribution in [0.5, 0.6) is 5.75 Å². The van der Waals surface area contributed by atoms with E-state index in [9.17, 15) is 8.78 Å². The minimum absolute atomic E-state index is 0.396. The summed E-state index contributed by atoms with van der Waals surface area (Å²) in [7, 11) is 3.35. The Bertz CT molecular complexity index is 905. The lowest BCUT2D eigenvalue weighted by Crippen LogP contribution is -2.19. The van der Waals surface area contributed by atoms with Crippen molar-refractivity contribution in [2.24, 2.45) is 0 Å². The van der Waals surface area contributed by atoms with E-state index in [1.807, 2.05) is 12.1 Å². The quantitative estimate of drug-likeness (QED) is 0.648. The summed E-state index contributed by atoms with van der Waals surface area (Å²) in [6, 6.07) is 12.4. The molecule has 0 radical (unpaired) electrons. The van der Waals surface area contributed by atoms with E-state index in [2.05, 4.69) is 9.97 Å². The summed E-state index contributed by atoms with van der Waals surface area (Å²) in [5, 5.41) is 1.28. The number of rotatable bonds is 5. The molecule has 25 heavy (non-hydrogen) atoms. The maximum atomic E-state index is 13.2. The molecule has 4 nitrogen and oxygen atoms in total. The first kappa shape index (κ1) is 17.4. The largest absolute Gasteiger partial charge is 0.496 e. The smallest absolute Gasteiger partial charge is 0.297 e. The van der Waals surface area contributed by atoms with Crippen LogP contribution in [0.2, 0.25) is 5.02 Å². The topological polar surface area (TPSA) is 38.2 Å². The number of fused-ring (bicyclic) bond motifs is 1. The summed E-state index contributed by atoms with van der Waals surface area (Å²) in [6.07, 6.45) is -2.74. The van der Waals surface area contributed by atoms with Crippen LogP contribution < -0.4 is 9.64 Å². The minimum Gasteiger partial charge on any atom is -0.496 e. The maximum absolute atomic E-state index is 13.2. The summed E-state index contributed by atoms with van der Waals surface area (Å²) in [4.78, 5) is 9.79. The van der Waals surface area contributed by atoms with Gasteiger partial charge in [-0.15, -0.1) is 0 Å². The number of halogens is 3. The lowest BCUT2D eigenvalue weighted by atomic mass is 10.1. The van der Waals surface area contributed by atoms with Crippen molar-refractivity contribution in [1.29, 1.82) is 0 Å². The van der Waals surface area contributed by atoms with Gasteiger partial charge in [0.1, 0.15) is 11.6 Å². The van der Waals surface area contributed by atoms with Crippen molar-refractivity contribution in [1.82, 2.24) is 9.97 Å². The van der Waals surface area contributed by atoms with Crippen LogP contribution in [0, 0.1) is 0 Å². The number of ether oxygens (including phenoxy) is 1. The van der Waals surface area contributed by atoms with E-state index < -0.39 is 12.2 Å². The van der Waals surface area contributed by atoms with Crippen LogP contribution in [0.15, 0.2) is 42.5 Å². The molecule has 0 spiro atoms. The number of methoxy groups -OCH3 is 1. The summed E-state index contributed by atoms with van der Waals surface area (Å²) >= 11 is 6.07. The molecule has 0 saturated carbocycles. The Morgan fingerprint density at radius 3 is 2.64 bits per heavy atom. The van der Waals surface area contributed by atoms with Gasteiger partial charge in [-0.1, -0.05) is 23.7 Å². The first-order chi connectivity index (χ1) is 12.0. The summed E-state index contributed by atoms with van der Waals surface area (Å²) in [5.41, 5.74) is 1.31. The first-order valence-electron chi connectivity index (χ1n) is 7.58. The monoisotopic (exact) mass is 363 g/mol. The van der Waals surface area contributed by atoms with Gasteiger partial charge < -0.3 is 9.64 Å². The number of hydrogen-bond acceptors (Lipinski definition) is 4. The SMILES string of the molecule is COc1ccc(Cl)cc1CN(C)c1nc(C(F)F)nc2ccccc12. The number of alkyl halides is 2. The van der Waals surface area contributed by atoms with Gasteiger partial charge in [0, 0.05) is 29.6 Å². The number of hydrogen-bond donors (Lipinski definition) is 0. The second kappa shape index (κ2) is 7.19. The van der Waals surface area contributed by atoms with Crippen LogP contribution in [-0.4, -0.2) is 24.1 Å². The molecule has 1 heterocycles. The predicted octanol–water partition coefficient (Wildman–Crippen LogP) is 4.87. The van der Waals surface area contributed by atoms with Crippen LogP contribution in [0.25, 0.3) is 10.9 Å². The highest BCUT2D eigenvalue weighted by molar-refractivity contribution is 6.30. The van der Waals surface area contributed by atoms with Crippen LogP contribution in [0.1, 0.15) is 17.8 Å². The molecule has 0 N–H and O–H groups in total. The van der Waals surface area contributed by atoms with Crippen LogP contribution in [0.3, 0.4) is 0 Å². The fourth-order valence-corrected chi connectivity index (χ4v) is 2.86. The Kier molecular flexibility index (Phi) is 4.99. The predicted molar refractivity (Wildman–Crippen MR) is 94.6 cm³/mol. The number of para-hydroxylation sites is 1. The summed E-state index contributed by atoms with van der Waals surface area (Å²) < 4.78 is 31.7. The van der Waals surface area contributed by atoms with Gasteiger partial charge in [-0.3, -0.25) is 0 Å². The Hall–Kier alpha value is -2.47. The second-order valence-corrected chi connectivity index (χ2v) is 5.97. The molecule has 0 aliphatic rings. The third-order valence-corrected chi connectivity index (χ3v) is 4.04. The van der Waals surface area contributed by atoms with Gasteiger partial charge in [0.25, 0.3) is 6.43 Å². The molecule has 0 aliphatic carbocycles. The third-order valence-electron chi connectivity index (χ3n) is 3.81. The average Bonchev–Trinajstić information content (AvgIpc) is 2.60. The number of nitrogens with zero attached hydrogens (tertiary/aromatic N) is 3. The van der Waals surface area contributed by atoms with E-state index in [-0.39, 0.29) is 0 Å². The zero-order chi connectivity index (χ0) is 18.0. The zero-order valence-electron chi connectivity index (χ0n) is 13.7. The van der Waals surface area contributed by atoms with Crippen molar-refractivity contribution >= 4 is 28.3 Å². The average molecular weight is 364 g/mol. The lowest BCUT2D eigenvalue weighted by molar-refractivity contribution is 0.141. The summed E-state index contributed by atoms with van der Waals surface area (Å²) in [5.74, 6) is 0.616. The Morgan fingerprint density at radius 1 is 1.16 bits per heavy atom. The fourth-order valence-electron chi connectivity index (χ4n) is 2.67. The van der Waals surface area contributed by atoms with Crippen molar-refractivity contribution in [3.05, 3.63) is 58.9 Å². The fraction of sp³-hybridized carbons (Fsp3) is 0.222. The molecule has 0 amide bonds. The van der Waals surface area contributed by atoms with Crippen molar-refractivity contribution in [2.75, 3.05) is 19.1 Å². The molecule has 0 saturated heterocycles. The second-order valence-electron chi connectivity index (χ2n) is 5.54. The molecular weight excluding hydrogens is 348 g/mol. The third kappa shape index (κ3) is 3.64. The molecule has 3 rings (SSSR count). The Morgan fingerprint density at radius 2 is 1.92 bits per heavy atom. The van der Waals surface area contributed by atoms with Crippen LogP contribution >= 0.6 is 11.6 Å². The highest BCUT2D eigenvalue weighted by Crippen LogP contribution is 2.29. The van der Waals surface area contributed by atoms with E-state index in [0.717, 1.165) is 5.56 Å². The van der Waals surface area contributed by atoms with E-state index in [0.29, 0.717) is 34.0 Å². The highest BCUT2D eigenvalue weighted by Gasteiger charge is 2.18. The molecule has 3 aromatic rings. The van der Waals surface area contributed by atoms with E-state index in [4.69, 9.17) is 16.3 Å². The minimum atomic E-state index is -2.74. The summed E-state index contributed by atoms with van der Waals surface area (Å²) in [6.45, 7) is 0.396. The number of benzene rings is 2. The molecular formula is C18H16ClF2N3O. The molecule has 130 valence electrons. The molecule has 0 atom stereocenters. The van der Waals surface area contributed by atoms with Gasteiger partial charge >= 0.3 is 0 Å². The van der Waals surface area contributed by atoms with Gasteiger partial charge in [-0.2, -0.15) is 0 Å². The Balaban J connectivity index is 2.05. The van der Waals surface area contributed by atoms with Crippen molar-refractivity contribution in [2.45, 2.75) is 13.0 Å². The maximum Gasteiger partial charge on any atom is 0.297 e. The van der Waals surface area contributed by atoms with Crippen molar-refractivity contribution in [3.8, 4) is 5.75 Å². The zero-order valence-corrected chi connectivity index (χ0v) is 14.5. The molecule has 2 aromatic carbocycles.